The number of nitrogens with one attached hydrogen (secondary N) is 1. The van der Waals surface area contributed by atoms with Crippen molar-refractivity contribution in [1.82, 2.24) is 5.32 Å². The lowest BCUT2D eigenvalue weighted by Crippen LogP contribution is -2.42. The Balaban J connectivity index is 2.54. The van der Waals surface area contributed by atoms with Crippen molar-refractivity contribution >= 4 is 16.9 Å². The van der Waals surface area contributed by atoms with Crippen LogP contribution >= 0.6 is 11.8 Å². The number of hydrogen-bond acceptors (Lipinski definition) is 3. The molecule has 15 heavy (non-hydrogen) atoms. The van der Waals surface area contributed by atoms with Crippen LogP contribution in [0.25, 0.3) is 0 Å². The summed E-state index contributed by atoms with van der Waals surface area (Å²) in [5.41, 5.74) is 0.274. The van der Waals surface area contributed by atoms with E-state index in [4.69, 9.17) is 4.74 Å². The van der Waals surface area contributed by atoms with E-state index in [0.717, 1.165) is 23.8 Å². The topological polar surface area (TPSA) is 33.6 Å². The van der Waals surface area contributed by atoms with Gasteiger partial charge in [0.05, 0.1) is 12.6 Å². The van der Waals surface area contributed by atoms with Gasteiger partial charge >= 0.3 is 0 Å². The minimum Gasteiger partial charge on any atom is -0.382 e. The Morgan fingerprint density at radius 3 is 2.67 bits per heavy atom. The normalized spacial score (nSPS) is 24.1. The van der Waals surface area contributed by atoms with Gasteiger partial charge < -0.3 is 10.1 Å². The highest BCUT2D eigenvalue weighted by Gasteiger charge is 2.33. The Hall–Kier alpha value is -0.220. The van der Waals surface area contributed by atoms with E-state index in [9.17, 15) is 0 Å². The average molecular weight is 230 g/mol. The van der Waals surface area contributed by atoms with Crippen LogP contribution in [0.3, 0.4) is 0 Å². The predicted octanol–water partition coefficient (Wildman–Crippen LogP) is 2.27. The molecule has 1 heterocycles. The Kier molecular flexibility index (Phi) is 4.93. The number of methoxy groups -OCH3 is 1. The monoisotopic (exact) mass is 230 g/mol. The molecule has 1 saturated heterocycles. The van der Waals surface area contributed by atoms with Crippen molar-refractivity contribution < 1.29 is 4.74 Å². The largest absolute Gasteiger partial charge is 0.382 e. The molecule has 0 spiro atoms. The van der Waals surface area contributed by atoms with Crippen LogP contribution in [0, 0.1) is 0 Å². The van der Waals surface area contributed by atoms with Crippen molar-refractivity contribution in [3.63, 3.8) is 0 Å². The number of hydrogen-bond donors (Lipinski definition) is 1. The fourth-order valence-corrected chi connectivity index (χ4v) is 3.12. The third-order valence-corrected chi connectivity index (χ3v) is 4.13. The van der Waals surface area contributed by atoms with E-state index < -0.39 is 0 Å². The van der Waals surface area contributed by atoms with Crippen LogP contribution in [-0.2, 0) is 4.74 Å². The number of aliphatic imine (C=N–C) groups is 1. The number of ether oxygens (including phenoxy) is 1. The van der Waals surface area contributed by atoms with Crippen molar-refractivity contribution in [3.05, 3.63) is 0 Å². The van der Waals surface area contributed by atoms with Gasteiger partial charge in [-0.15, -0.1) is 0 Å². The molecule has 1 atom stereocenters. The lowest BCUT2D eigenvalue weighted by Gasteiger charge is -2.25. The summed E-state index contributed by atoms with van der Waals surface area (Å²) in [6.45, 7) is 7.24. The third-order valence-electron chi connectivity index (χ3n) is 2.96. The second-order valence-electron chi connectivity index (χ2n) is 4.14. The van der Waals surface area contributed by atoms with Crippen LogP contribution < -0.4 is 5.32 Å². The fourth-order valence-electron chi connectivity index (χ4n) is 1.68. The molecule has 1 fully saturated rings. The maximum Gasteiger partial charge on any atom is 0.157 e. The van der Waals surface area contributed by atoms with Crippen LogP contribution in [0.2, 0.25) is 0 Å². The van der Waals surface area contributed by atoms with Crippen molar-refractivity contribution in [2.45, 2.75) is 45.2 Å². The number of amidine groups is 1. The third kappa shape index (κ3) is 3.38. The molecule has 0 saturated carbocycles. The lowest BCUT2D eigenvalue weighted by atomic mass is 9.96. The van der Waals surface area contributed by atoms with Gasteiger partial charge in [-0.2, -0.15) is 0 Å². The molecule has 3 nitrogen and oxygen atoms in total. The van der Waals surface area contributed by atoms with Gasteiger partial charge in [-0.3, -0.25) is 4.99 Å². The van der Waals surface area contributed by atoms with Gasteiger partial charge in [0.25, 0.3) is 0 Å². The Morgan fingerprint density at radius 1 is 1.53 bits per heavy atom. The zero-order valence-corrected chi connectivity index (χ0v) is 11.0. The van der Waals surface area contributed by atoms with Gasteiger partial charge in [0.15, 0.2) is 5.17 Å². The molecule has 1 aliphatic rings. The van der Waals surface area contributed by atoms with Crippen LogP contribution in [0.5, 0.6) is 0 Å². The molecule has 1 aliphatic heterocycles. The van der Waals surface area contributed by atoms with Gasteiger partial charge in [0.1, 0.15) is 0 Å². The molecule has 1 rings (SSSR count). The standard InChI is InChI=1S/C11H22N2OS/c1-5-11(6-2)8-15-10(13-11)12-9(3)7-14-4/h9H,5-8H2,1-4H3,(H,12,13). The smallest absolute Gasteiger partial charge is 0.157 e. The van der Waals surface area contributed by atoms with Gasteiger partial charge in [-0.1, -0.05) is 25.6 Å². The Labute approximate surface area is 97.1 Å². The summed E-state index contributed by atoms with van der Waals surface area (Å²) in [6.07, 6.45) is 2.32. The van der Waals surface area contributed by atoms with E-state index in [0.29, 0.717) is 6.61 Å². The van der Waals surface area contributed by atoms with Gasteiger partial charge in [0, 0.05) is 18.4 Å². The zero-order valence-electron chi connectivity index (χ0n) is 10.2. The highest BCUT2D eigenvalue weighted by Crippen LogP contribution is 2.29. The Bertz CT molecular complexity index is 227. The second-order valence-corrected chi connectivity index (χ2v) is 5.10. The maximum atomic E-state index is 5.07. The number of rotatable bonds is 5. The first-order valence-corrected chi connectivity index (χ1v) is 6.62. The molecule has 4 heteroatoms. The van der Waals surface area contributed by atoms with E-state index in [1.807, 2.05) is 11.8 Å². The molecule has 1 unspecified atom stereocenters. The molecule has 1 N–H and O–H groups in total. The van der Waals surface area contributed by atoms with Gasteiger partial charge in [-0.25, -0.2) is 0 Å². The first-order chi connectivity index (χ1) is 7.15. The number of thioether (sulfide) groups is 1. The maximum absolute atomic E-state index is 5.07. The van der Waals surface area contributed by atoms with Gasteiger partial charge in [-0.05, 0) is 19.8 Å². The minimum atomic E-state index is 0.245. The SMILES string of the molecule is CCC1(CC)CSC(=NC(C)COC)N1. The summed E-state index contributed by atoms with van der Waals surface area (Å²) in [5.74, 6) is 1.14. The van der Waals surface area contributed by atoms with E-state index in [-0.39, 0.29) is 11.6 Å². The van der Waals surface area contributed by atoms with Crippen LogP contribution in [0.15, 0.2) is 4.99 Å². The molecule has 0 aliphatic carbocycles. The second kappa shape index (κ2) is 5.75. The molecule has 0 aromatic carbocycles. The van der Waals surface area contributed by atoms with E-state index >= 15 is 0 Å². The molecule has 0 amide bonds. The first kappa shape index (κ1) is 12.8. The first-order valence-electron chi connectivity index (χ1n) is 5.63. The van der Waals surface area contributed by atoms with Crippen molar-refractivity contribution in [2.75, 3.05) is 19.5 Å². The summed E-state index contributed by atoms with van der Waals surface area (Å²) in [7, 11) is 1.72. The van der Waals surface area contributed by atoms with Crippen LogP contribution in [0.1, 0.15) is 33.6 Å². The minimum absolute atomic E-state index is 0.245. The lowest BCUT2D eigenvalue weighted by molar-refractivity contribution is 0.186. The van der Waals surface area contributed by atoms with Crippen LogP contribution in [0.4, 0.5) is 0 Å². The Morgan fingerprint density at radius 2 is 2.20 bits per heavy atom. The summed E-state index contributed by atoms with van der Waals surface area (Å²) in [6, 6.07) is 0.245. The molecular weight excluding hydrogens is 208 g/mol. The van der Waals surface area contributed by atoms with Crippen molar-refractivity contribution in [3.8, 4) is 0 Å². The highest BCUT2D eigenvalue weighted by atomic mass is 32.2. The quantitative estimate of drug-likeness (QED) is 0.786. The van der Waals surface area contributed by atoms with Crippen molar-refractivity contribution in [2.24, 2.45) is 4.99 Å². The molecule has 0 aromatic heterocycles. The molecule has 0 radical (unpaired) electrons. The van der Waals surface area contributed by atoms with Crippen LogP contribution in [-0.4, -0.2) is 36.2 Å². The summed E-state index contributed by atoms with van der Waals surface area (Å²) >= 11 is 1.84. The van der Waals surface area contributed by atoms with E-state index in [2.05, 4.69) is 31.1 Å². The number of nitrogens with zero attached hydrogens (tertiary/aromatic N) is 1. The van der Waals surface area contributed by atoms with E-state index in [1.54, 1.807) is 7.11 Å². The fraction of sp³-hybridized carbons (Fsp3) is 0.909. The molecular formula is C11H22N2OS. The summed E-state index contributed by atoms with van der Waals surface area (Å²) < 4.78 is 5.07. The van der Waals surface area contributed by atoms with Gasteiger partial charge in [0.2, 0.25) is 0 Å². The zero-order chi connectivity index (χ0) is 11.3. The summed E-state index contributed by atoms with van der Waals surface area (Å²) in [5, 5.41) is 4.64. The molecule has 0 bridgehead atoms. The predicted molar refractivity (Wildman–Crippen MR) is 67.7 cm³/mol. The average Bonchev–Trinajstić information content (AvgIpc) is 2.63. The highest BCUT2D eigenvalue weighted by molar-refractivity contribution is 8.14. The van der Waals surface area contributed by atoms with Crippen molar-refractivity contribution in [1.29, 1.82) is 0 Å². The summed E-state index contributed by atoms with van der Waals surface area (Å²) in [4.78, 5) is 4.60. The molecule has 0 aromatic rings. The van der Waals surface area contributed by atoms with E-state index in [1.165, 1.54) is 0 Å². The molecule has 88 valence electrons.